The second kappa shape index (κ2) is 4.96. The normalized spacial score (nSPS) is 10.3. The maximum atomic E-state index is 5.93. The highest BCUT2D eigenvalue weighted by molar-refractivity contribution is 6.34. The van der Waals surface area contributed by atoms with E-state index in [2.05, 4.69) is 9.97 Å². The van der Waals surface area contributed by atoms with Crippen molar-refractivity contribution >= 4 is 40.8 Å². The Morgan fingerprint density at radius 2 is 1.82 bits per heavy atom. The van der Waals surface area contributed by atoms with E-state index in [1.54, 1.807) is 18.2 Å². The number of benzene rings is 1. The van der Waals surface area contributed by atoms with Crippen LogP contribution in [0.25, 0.3) is 0 Å². The van der Waals surface area contributed by atoms with Crippen LogP contribution in [0.5, 0.6) is 11.6 Å². The predicted octanol–water partition coefficient (Wildman–Crippen LogP) is 3.81. The smallest absolute Gasteiger partial charge is 0.225 e. The van der Waals surface area contributed by atoms with Crippen LogP contribution in [0.3, 0.4) is 0 Å². The van der Waals surface area contributed by atoms with Gasteiger partial charge >= 0.3 is 0 Å². The molecule has 2 N–H and O–H groups in total. The summed E-state index contributed by atoms with van der Waals surface area (Å²) in [6, 6.07) is 6.26. The Hall–Kier alpha value is -1.23. The largest absolute Gasteiger partial charge is 0.437 e. The number of nitrogens with zero attached hydrogens (tertiary/aromatic N) is 2. The predicted molar refractivity (Wildman–Crippen MR) is 68.0 cm³/mol. The van der Waals surface area contributed by atoms with Gasteiger partial charge in [-0.2, -0.15) is 4.98 Å². The molecule has 0 unspecified atom stereocenters. The van der Waals surface area contributed by atoms with Gasteiger partial charge in [0.2, 0.25) is 11.8 Å². The van der Waals surface area contributed by atoms with Gasteiger partial charge in [-0.1, -0.05) is 34.8 Å². The summed E-state index contributed by atoms with van der Waals surface area (Å²) < 4.78 is 5.42. The van der Waals surface area contributed by atoms with Gasteiger partial charge in [0.15, 0.2) is 0 Å². The fraction of sp³-hybridized carbons (Fsp3) is 0. The van der Waals surface area contributed by atoms with Gasteiger partial charge < -0.3 is 10.5 Å². The fourth-order valence-corrected chi connectivity index (χ4v) is 1.63. The molecule has 4 nitrogen and oxygen atoms in total. The first-order valence-electron chi connectivity index (χ1n) is 4.47. The monoisotopic (exact) mass is 289 g/mol. The highest BCUT2D eigenvalue weighted by atomic mass is 35.5. The first-order valence-corrected chi connectivity index (χ1v) is 5.61. The molecular weight excluding hydrogens is 284 g/mol. The molecule has 17 heavy (non-hydrogen) atoms. The number of aromatic nitrogens is 2. The molecule has 0 fully saturated rings. The van der Waals surface area contributed by atoms with E-state index in [9.17, 15) is 0 Å². The molecule has 0 amide bonds. The SMILES string of the molecule is Nc1nc(Cl)cc(Oc2cc(Cl)ccc2Cl)n1. The van der Waals surface area contributed by atoms with Crippen molar-refractivity contribution in [3.63, 3.8) is 0 Å². The van der Waals surface area contributed by atoms with Crippen LogP contribution in [-0.2, 0) is 0 Å². The number of rotatable bonds is 2. The number of nitrogens with two attached hydrogens (primary N) is 1. The van der Waals surface area contributed by atoms with Crippen LogP contribution in [0.15, 0.2) is 24.3 Å². The molecule has 0 spiro atoms. The minimum atomic E-state index is 0.0191. The topological polar surface area (TPSA) is 61.0 Å². The van der Waals surface area contributed by atoms with Gasteiger partial charge in [-0.25, -0.2) is 4.98 Å². The third-order valence-corrected chi connectivity index (χ3v) is 2.54. The van der Waals surface area contributed by atoms with Gasteiger partial charge in [0.25, 0.3) is 0 Å². The first kappa shape index (κ1) is 12.2. The minimum absolute atomic E-state index is 0.0191. The molecule has 0 radical (unpaired) electrons. The van der Waals surface area contributed by atoms with E-state index in [1.165, 1.54) is 6.07 Å². The standard InChI is InChI=1S/C10H6Cl3N3O/c11-5-1-2-6(12)7(3-5)17-9-4-8(13)15-10(14)16-9/h1-4H,(H2,14,15,16). The molecule has 0 aliphatic heterocycles. The van der Waals surface area contributed by atoms with Crippen molar-refractivity contribution < 1.29 is 4.74 Å². The number of halogens is 3. The Kier molecular flexibility index (Phi) is 3.57. The van der Waals surface area contributed by atoms with Crippen LogP contribution >= 0.6 is 34.8 Å². The van der Waals surface area contributed by atoms with Crippen molar-refractivity contribution in [2.24, 2.45) is 0 Å². The lowest BCUT2D eigenvalue weighted by molar-refractivity contribution is 0.463. The van der Waals surface area contributed by atoms with Gasteiger partial charge in [0.1, 0.15) is 10.9 Å². The first-order chi connectivity index (χ1) is 8.04. The summed E-state index contributed by atoms with van der Waals surface area (Å²) in [5.41, 5.74) is 5.44. The van der Waals surface area contributed by atoms with Crippen LogP contribution in [0.1, 0.15) is 0 Å². The van der Waals surface area contributed by atoms with E-state index in [1.807, 2.05) is 0 Å². The van der Waals surface area contributed by atoms with E-state index in [0.717, 1.165) is 0 Å². The van der Waals surface area contributed by atoms with Crippen LogP contribution in [0.4, 0.5) is 5.95 Å². The molecule has 1 aromatic heterocycles. The summed E-state index contributed by atoms with van der Waals surface area (Å²) in [5, 5.41) is 1.09. The molecule has 0 saturated carbocycles. The molecule has 0 atom stereocenters. The van der Waals surface area contributed by atoms with Crippen LogP contribution < -0.4 is 10.5 Å². The van der Waals surface area contributed by atoms with Gasteiger partial charge in [-0.3, -0.25) is 0 Å². The summed E-state index contributed by atoms with van der Waals surface area (Å²) >= 11 is 17.5. The molecule has 1 aromatic carbocycles. The third-order valence-electron chi connectivity index (χ3n) is 1.80. The van der Waals surface area contributed by atoms with Crippen molar-refractivity contribution in [3.05, 3.63) is 39.5 Å². The second-order valence-corrected chi connectivity index (χ2v) is 4.29. The zero-order chi connectivity index (χ0) is 12.4. The quantitative estimate of drug-likeness (QED) is 0.854. The van der Waals surface area contributed by atoms with Crippen molar-refractivity contribution in [1.29, 1.82) is 0 Å². The number of hydrogen-bond donors (Lipinski definition) is 1. The number of ether oxygens (including phenoxy) is 1. The average Bonchev–Trinajstić information content (AvgIpc) is 2.22. The Morgan fingerprint density at radius 1 is 1.06 bits per heavy atom. The van der Waals surface area contributed by atoms with Crippen LogP contribution in [-0.4, -0.2) is 9.97 Å². The lowest BCUT2D eigenvalue weighted by Gasteiger charge is -2.07. The molecule has 2 rings (SSSR count). The highest BCUT2D eigenvalue weighted by Gasteiger charge is 2.07. The maximum Gasteiger partial charge on any atom is 0.225 e. The average molecular weight is 291 g/mol. The lowest BCUT2D eigenvalue weighted by atomic mass is 10.3. The summed E-state index contributed by atoms with van der Waals surface area (Å²) in [6.07, 6.45) is 0. The van der Waals surface area contributed by atoms with E-state index >= 15 is 0 Å². The second-order valence-electron chi connectivity index (χ2n) is 3.06. The maximum absolute atomic E-state index is 5.93. The van der Waals surface area contributed by atoms with E-state index in [-0.39, 0.29) is 17.0 Å². The molecule has 0 bridgehead atoms. The molecule has 2 aromatic rings. The summed E-state index contributed by atoms with van der Waals surface area (Å²) in [4.78, 5) is 7.57. The Labute approximate surface area is 112 Å². The fourth-order valence-electron chi connectivity index (χ4n) is 1.13. The Morgan fingerprint density at radius 3 is 2.53 bits per heavy atom. The highest BCUT2D eigenvalue weighted by Crippen LogP contribution is 2.31. The Balaban J connectivity index is 2.34. The van der Waals surface area contributed by atoms with Gasteiger partial charge in [0.05, 0.1) is 5.02 Å². The Bertz CT molecular complexity index is 542. The van der Waals surface area contributed by atoms with Crippen molar-refractivity contribution in [3.8, 4) is 11.6 Å². The van der Waals surface area contributed by atoms with Gasteiger partial charge in [-0.05, 0) is 12.1 Å². The zero-order valence-electron chi connectivity index (χ0n) is 8.32. The van der Waals surface area contributed by atoms with Crippen molar-refractivity contribution in [1.82, 2.24) is 9.97 Å². The van der Waals surface area contributed by atoms with E-state index in [0.29, 0.717) is 15.8 Å². The van der Waals surface area contributed by atoms with E-state index < -0.39 is 0 Å². The van der Waals surface area contributed by atoms with Crippen LogP contribution in [0, 0.1) is 0 Å². The zero-order valence-corrected chi connectivity index (χ0v) is 10.6. The lowest BCUT2D eigenvalue weighted by Crippen LogP contribution is -1.97. The number of anilines is 1. The van der Waals surface area contributed by atoms with Crippen molar-refractivity contribution in [2.75, 3.05) is 5.73 Å². The molecule has 0 aliphatic rings. The minimum Gasteiger partial charge on any atom is -0.437 e. The van der Waals surface area contributed by atoms with Crippen molar-refractivity contribution in [2.45, 2.75) is 0 Å². The number of nitrogen functional groups attached to an aromatic ring is 1. The molecule has 0 saturated heterocycles. The molecule has 0 aliphatic carbocycles. The summed E-state index contributed by atoms with van der Waals surface area (Å²) in [5.74, 6) is 0.589. The van der Waals surface area contributed by atoms with Gasteiger partial charge in [0, 0.05) is 17.2 Å². The van der Waals surface area contributed by atoms with Crippen LogP contribution in [0.2, 0.25) is 15.2 Å². The van der Waals surface area contributed by atoms with E-state index in [4.69, 9.17) is 45.3 Å². The third kappa shape index (κ3) is 3.12. The number of hydrogen-bond acceptors (Lipinski definition) is 4. The molecule has 88 valence electrons. The molecule has 7 heteroatoms. The summed E-state index contributed by atoms with van der Waals surface area (Å²) in [7, 11) is 0. The molecular formula is C10H6Cl3N3O. The summed E-state index contributed by atoms with van der Waals surface area (Å²) in [6.45, 7) is 0. The molecule has 1 heterocycles. The van der Waals surface area contributed by atoms with Gasteiger partial charge in [-0.15, -0.1) is 0 Å².